The molecule has 2 aromatic rings. The van der Waals surface area contributed by atoms with Crippen LogP contribution in [-0.2, 0) is 27.2 Å². The van der Waals surface area contributed by atoms with Crippen molar-refractivity contribution in [2.45, 2.75) is 70.7 Å². The lowest BCUT2D eigenvalue weighted by Gasteiger charge is -2.35. The van der Waals surface area contributed by atoms with Crippen LogP contribution < -0.4 is 20.7 Å². The molecule has 0 saturated carbocycles. The molecule has 0 spiro atoms. The number of nitrogens with zero attached hydrogens (tertiary/aromatic N) is 1. The molecule has 0 bridgehead atoms. The zero-order valence-corrected chi connectivity index (χ0v) is 24.1. The van der Waals surface area contributed by atoms with Crippen molar-refractivity contribution in [2.24, 2.45) is 5.92 Å². The molecule has 5 atom stereocenters. The van der Waals surface area contributed by atoms with Crippen LogP contribution in [-0.4, -0.2) is 78.7 Å². The van der Waals surface area contributed by atoms with Gasteiger partial charge in [0.15, 0.2) is 0 Å². The molecule has 218 valence electrons. The van der Waals surface area contributed by atoms with E-state index < -0.39 is 30.1 Å². The number of amides is 3. The van der Waals surface area contributed by atoms with E-state index in [-0.39, 0.29) is 24.2 Å². The first kappa shape index (κ1) is 31.1. The van der Waals surface area contributed by atoms with Crippen molar-refractivity contribution in [3.05, 3.63) is 65.7 Å². The summed E-state index contributed by atoms with van der Waals surface area (Å²) < 4.78 is 6.06. The molecular weight excluding hydrogens is 508 g/mol. The normalized spacial score (nSPS) is 23.5. The molecule has 0 radical (unpaired) electrons. The summed E-state index contributed by atoms with van der Waals surface area (Å²) >= 11 is 0. The van der Waals surface area contributed by atoms with E-state index in [1.165, 1.54) is 18.9 Å². The maximum Gasteiger partial charge on any atom is 0.246 e. The van der Waals surface area contributed by atoms with Gasteiger partial charge in [-0.15, -0.1) is 0 Å². The minimum Gasteiger partial charge on any atom is -0.492 e. The van der Waals surface area contributed by atoms with Crippen molar-refractivity contribution >= 4 is 17.7 Å². The molecule has 9 nitrogen and oxygen atoms in total. The van der Waals surface area contributed by atoms with Crippen molar-refractivity contribution < 1.29 is 24.2 Å². The lowest BCUT2D eigenvalue weighted by atomic mass is 9.96. The Bertz CT molecular complexity index is 1110. The van der Waals surface area contributed by atoms with Gasteiger partial charge in [-0.1, -0.05) is 68.8 Å². The first-order valence-electron chi connectivity index (χ1n) is 14.2. The van der Waals surface area contributed by atoms with Crippen molar-refractivity contribution in [1.29, 1.82) is 0 Å². The highest BCUT2D eigenvalue weighted by Gasteiger charge is 2.37. The van der Waals surface area contributed by atoms with Crippen LogP contribution in [0, 0.1) is 5.92 Å². The van der Waals surface area contributed by atoms with Gasteiger partial charge in [0.25, 0.3) is 0 Å². The van der Waals surface area contributed by atoms with E-state index in [9.17, 15) is 19.5 Å². The Hall–Kier alpha value is -3.43. The molecule has 1 aliphatic heterocycles. The monoisotopic (exact) mass is 552 g/mol. The first-order chi connectivity index (χ1) is 19.2. The topological polar surface area (TPSA) is 120 Å². The highest BCUT2D eigenvalue weighted by Crippen LogP contribution is 2.20. The molecule has 1 heterocycles. The Kier molecular flexibility index (Phi) is 12.0. The van der Waals surface area contributed by atoms with Gasteiger partial charge in [0.05, 0.1) is 12.1 Å². The average molecular weight is 553 g/mol. The zero-order valence-electron chi connectivity index (χ0n) is 24.1. The van der Waals surface area contributed by atoms with Crippen LogP contribution in [0.2, 0.25) is 0 Å². The molecule has 0 aromatic heterocycles. The summed E-state index contributed by atoms with van der Waals surface area (Å²) in [5.41, 5.74) is 1.93. The van der Waals surface area contributed by atoms with Crippen LogP contribution in [0.4, 0.5) is 0 Å². The quantitative estimate of drug-likeness (QED) is 0.451. The minimum absolute atomic E-state index is 0.0258. The van der Waals surface area contributed by atoms with Gasteiger partial charge in [-0.2, -0.15) is 0 Å². The molecule has 40 heavy (non-hydrogen) atoms. The van der Waals surface area contributed by atoms with E-state index in [0.29, 0.717) is 32.5 Å². The number of para-hydroxylation sites is 1. The van der Waals surface area contributed by atoms with E-state index in [0.717, 1.165) is 23.3 Å². The standard InChI is InChI=1S/C31H44N4O5/c1-5-21(2)27-31(39)35(4)28(22(3)36)30(38)34-25(20-23-12-7-6-8-13-23)29(37)33-17-11-15-24-14-9-10-16-26(24)40-19-18-32-27/h6-10,12-14,16,21-22,25,27-28,32,36H,5,11,15,17-20H2,1-4H3,(H,33,37)(H,34,38)/t21?,22-,25-,27+,28+/m1/s1. The number of fused-ring (bicyclic) bond motifs is 1. The predicted molar refractivity (Wildman–Crippen MR) is 155 cm³/mol. The van der Waals surface area contributed by atoms with Crippen LogP contribution in [0.3, 0.4) is 0 Å². The van der Waals surface area contributed by atoms with E-state index in [1.54, 1.807) is 0 Å². The zero-order chi connectivity index (χ0) is 29.1. The molecule has 1 unspecified atom stereocenters. The number of hydrogen-bond acceptors (Lipinski definition) is 6. The molecule has 1 aliphatic rings. The molecule has 9 heteroatoms. The van der Waals surface area contributed by atoms with Crippen LogP contribution >= 0.6 is 0 Å². The molecule has 0 fully saturated rings. The summed E-state index contributed by atoms with van der Waals surface area (Å²) in [4.78, 5) is 41.8. The van der Waals surface area contributed by atoms with Crippen molar-refractivity contribution in [1.82, 2.24) is 20.9 Å². The number of hydrogen-bond donors (Lipinski definition) is 4. The number of rotatable bonds is 5. The number of ether oxygens (including phenoxy) is 1. The van der Waals surface area contributed by atoms with Crippen LogP contribution in [0.15, 0.2) is 54.6 Å². The molecule has 3 amide bonds. The third kappa shape index (κ3) is 8.53. The lowest BCUT2D eigenvalue weighted by molar-refractivity contribution is -0.146. The largest absolute Gasteiger partial charge is 0.492 e. The first-order valence-corrected chi connectivity index (χ1v) is 14.2. The third-order valence-corrected chi connectivity index (χ3v) is 7.50. The summed E-state index contributed by atoms with van der Waals surface area (Å²) in [5.74, 6) is -0.449. The van der Waals surface area contributed by atoms with Crippen molar-refractivity contribution in [2.75, 3.05) is 26.7 Å². The van der Waals surface area contributed by atoms with Gasteiger partial charge in [-0.05, 0) is 42.9 Å². The third-order valence-electron chi connectivity index (χ3n) is 7.50. The Morgan fingerprint density at radius 2 is 1.70 bits per heavy atom. The van der Waals surface area contributed by atoms with Gasteiger partial charge >= 0.3 is 0 Å². The second-order valence-corrected chi connectivity index (χ2v) is 10.6. The molecule has 0 aliphatic carbocycles. The van der Waals surface area contributed by atoms with E-state index >= 15 is 0 Å². The fraction of sp³-hybridized carbons (Fsp3) is 0.516. The number of carbonyl (C=O) groups excluding carboxylic acids is 3. The lowest BCUT2D eigenvalue weighted by Crippen LogP contribution is -2.61. The molecule has 4 N–H and O–H groups in total. The number of aliphatic hydroxyl groups is 1. The van der Waals surface area contributed by atoms with Crippen LogP contribution in [0.1, 0.15) is 44.7 Å². The van der Waals surface area contributed by atoms with Gasteiger partial charge in [-0.25, -0.2) is 0 Å². The van der Waals surface area contributed by atoms with Gasteiger partial charge in [0.2, 0.25) is 17.7 Å². The summed E-state index contributed by atoms with van der Waals surface area (Å²) in [5, 5.41) is 19.7. The Morgan fingerprint density at radius 3 is 2.40 bits per heavy atom. The SMILES string of the molecule is CCC(C)[C@@H]1NCCOc2ccccc2CCCNC(=O)[C@@H](Cc2ccccc2)NC(=O)[C@H]([C@@H](C)O)N(C)C1=O. The molecule has 3 rings (SSSR count). The molecular formula is C31H44N4O5. The number of likely N-dealkylation sites (N-methyl/N-ethyl adjacent to an activating group) is 1. The highest BCUT2D eigenvalue weighted by molar-refractivity contribution is 5.93. The second kappa shape index (κ2) is 15.4. The van der Waals surface area contributed by atoms with Crippen molar-refractivity contribution in [3.8, 4) is 5.75 Å². The Morgan fingerprint density at radius 1 is 1.00 bits per heavy atom. The van der Waals surface area contributed by atoms with Gasteiger partial charge in [0.1, 0.15) is 24.4 Å². The number of nitrogens with one attached hydrogen (secondary N) is 3. The number of aliphatic hydroxyl groups excluding tert-OH is 1. The van der Waals surface area contributed by atoms with Crippen LogP contribution in [0.5, 0.6) is 5.75 Å². The van der Waals surface area contributed by atoms with Gasteiger partial charge in [-0.3, -0.25) is 14.4 Å². The maximum absolute atomic E-state index is 13.7. The van der Waals surface area contributed by atoms with E-state index in [4.69, 9.17) is 4.74 Å². The summed E-state index contributed by atoms with van der Waals surface area (Å²) in [6.45, 7) is 6.67. The fourth-order valence-electron chi connectivity index (χ4n) is 5.00. The second-order valence-electron chi connectivity index (χ2n) is 10.6. The summed E-state index contributed by atoms with van der Waals surface area (Å²) in [7, 11) is 1.52. The predicted octanol–water partition coefficient (Wildman–Crippen LogP) is 2.07. The van der Waals surface area contributed by atoms with Crippen LogP contribution in [0.25, 0.3) is 0 Å². The molecule has 2 aromatic carbocycles. The van der Waals surface area contributed by atoms with Crippen molar-refractivity contribution in [3.63, 3.8) is 0 Å². The highest BCUT2D eigenvalue weighted by atomic mass is 16.5. The smallest absolute Gasteiger partial charge is 0.246 e. The minimum atomic E-state index is -1.17. The molecule has 0 saturated heterocycles. The maximum atomic E-state index is 13.7. The fourth-order valence-corrected chi connectivity index (χ4v) is 5.00. The Labute approximate surface area is 237 Å². The Balaban J connectivity index is 1.92. The number of aryl methyl sites for hydroxylation is 1. The van der Waals surface area contributed by atoms with E-state index in [1.807, 2.05) is 68.4 Å². The summed E-state index contributed by atoms with van der Waals surface area (Å²) in [6.07, 6.45) is 1.27. The number of carbonyl (C=O) groups is 3. The summed E-state index contributed by atoms with van der Waals surface area (Å²) in [6, 6.07) is 14.6. The van der Waals surface area contributed by atoms with Gasteiger partial charge in [0, 0.05) is 26.6 Å². The number of benzene rings is 2. The van der Waals surface area contributed by atoms with E-state index in [2.05, 4.69) is 16.0 Å². The average Bonchev–Trinajstić information content (AvgIpc) is 2.94. The van der Waals surface area contributed by atoms with Gasteiger partial charge < -0.3 is 30.7 Å².